The SMILES string of the molecule is ClCC=CCCCCCCBr. The van der Waals surface area contributed by atoms with E-state index in [0.29, 0.717) is 5.88 Å². The zero-order valence-electron chi connectivity index (χ0n) is 6.86. The van der Waals surface area contributed by atoms with E-state index in [4.69, 9.17) is 11.6 Å². The summed E-state index contributed by atoms with van der Waals surface area (Å²) < 4.78 is 0. The molecule has 0 heterocycles. The summed E-state index contributed by atoms with van der Waals surface area (Å²) in [5, 5.41) is 1.14. The molecule has 0 aliphatic heterocycles. The van der Waals surface area contributed by atoms with Gasteiger partial charge in [0.25, 0.3) is 0 Å². The highest BCUT2D eigenvalue weighted by Gasteiger charge is 1.86. The molecule has 0 aromatic rings. The predicted molar refractivity (Wildman–Crippen MR) is 56.7 cm³/mol. The Morgan fingerprint density at radius 3 is 2.36 bits per heavy atom. The van der Waals surface area contributed by atoms with Gasteiger partial charge in [0.05, 0.1) is 0 Å². The van der Waals surface area contributed by atoms with Gasteiger partial charge in [0.2, 0.25) is 0 Å². The molecular weight excluding hydrogens is 223 g/mol. The van der Waals surface area contributed by atoms with Crippen LogP contribution < -0.4 is 0 Å². The highest BCUT2D eigenvalue weighted by Crippen LogP contribution is 2.04. The van der Waals surface area contributed by atoms with Crippen molar-refractivity contribution in [1.29, 1.82) is 0 Å². The average Bonchev–Trinajstić information content (AvgIpc) is 2.03. The van der Waals surface area contributed by atoms with Gasteiger partial charge in [-0.3, -0.25) is 0 Å². The first-order chi connectivity index (χ1) is 5.41. The standard InChI is InChI=1S/C9H16BrCl/c10-8-6-4-2-1-3-5-7-9-11/h5,7H,1-4,6,8-9H2. The molecule has 0 saturated heterocycles. The number of hydrogen-bond donors (Lipinski definition) is 0. The summed E-state index contributed by atoms with van der Waals surface area (Å²) >= 11 is 8.88. The Hall–Kier alpha value is 0.510. The maximum atomic E-state index is 5.47. The van der Waals surface area contributed by atoms with Gasteiger partial charge in [-0.2, -0.15) is 0 Å². The first kappa shape index (κ1) is 11.5. The van der Waals surface area contributed by atoms with Gasteiger partial charge in [-0.1, -0.05) is 40.9 Å². The number of allylic oxidation sites excluding steroid dienone is 2. The van der Waals surface area contributed by atoms with E-state index < -0.39 is 0 Å². The normalized spacial score (nSPS) is 11.1. The van der Waals surface area contributed by atoms with Gasteiger partial charge >= 0.3 is 0 Å². The van der Waals surface area contributed by atoms with Gasteiger partial charge in [0.15, 0.2) is 0 Å². The molecule has 0 N–H and O–H groups in total. The van der Waals surface area contributed by atoms with Crippen LogP contribution in [0, 0.1) is 0 Å². The molecule has 0 aliphatic carbocycles. The van der Waals surface area contributed by atoms with Crippen LogP contribution in [0.25, 0.3) is 0 Å². The third-order valence-electron chi connectivity index (χ3n) is 1.51. The first-order valence-corrected chi connectivity index (χ1v) is 5.84. The number of rotatable bonds is 7. The third kappa shape index (κ3) is 10.5. The predicted octanol–water partition coefficient (Wildman–Crippen LogP) is 4.13. The van der Waals surface area contributed by atoms with Crippen LogP contribution in [0.5, 0.6) is 0 Å². The van der Waals surface area contributed by atoms with Crippen LogP contribution in [-0.2, 0) is 0 Å². The second kappa shape index (κ2) is 10.5. The molecule has 11 heavy (non-hydrogen) atoms. The molecule has 0 saturated carbocycles. The van der Waals surface area contributed by atoms with Crippen molar-refractivity contribution in [3.05, 3.63) is 12.2 Å². The quantitative estimate of drug-likeness (QED) is 0.356. The summed E-state index contributed by atoms with van der Waals surface area (Å²) in [7, 11) is 0. The minimum atomic E-state index is 0.654. The van der Waals surface area contributed by atoms with Crippen molar-refractivity contribution in [2.75, 3.05) is 11.2 Å². The third-order valence-corrected chi connectivity index (χ3v) is 2.25. The molecule has 0 atom stereocenters. The summed E-state index contributed by atoms with van der Waals surface area (Å²) in [6.45, 7) is 0. The molecule has 0 radical (unpaired) electrons. The molecule has 0 bridgehead atoms. The summed E-state index contributed by atoms with van der Waals surface area (Å²) in [5.41, 5.74) is 0. The molecule has 0 rings (SSSR count). The fourth-order valence-electron chi connectivity index (χ4n) is 0.891. The number of alkyl halides is 2. The van der Waals surface area contributed by atoms with Crippen LogP contribution in [0.3, 0.4) is 0 Å². The Bertz CT molecular complexity index is 91.6. The van der Waals surface area contributed by atoms with Crippen molar-refractivity contribution in [3.63, 3.8) is 0 Å². The van der Waals surface area contributed by atoms with Crippen molar-refractivity contribution in [2.24, 2.45) is 0 Å². The van der Waals surface area contributed by atoms with Crippen LogP contribution in [0.2, 0.25) is 0 Å². The second-order valence-electron chi connectivity index (χ2n) is 2.52. The zero-order valence-corrected chi connectivity index (χ0v) is 9.20. The fraction of sp³-hybridized carbons (Fsp3) is 0.778. The molecule has 0 nitrogen and oxygen atoms in total. The molecule has 0 amide bonds. The smallest absolute Gasteiger partial charge is 0.0404 e. The summed E-state index contributed by atoms with van der Waals surface area (Å²) in [6, 6.07) is 0. The largest absolute Gasteiger partial charge is 0.122 e. The molecule has 0 fully saturated rings. The van der Waals surface area contributed by atoms with Crippen molar-refractivity contribution in [3.8, 4) is 0 Å². The molecule has 0 unspecified atom stereocenters. The average molecular weight is 240 g/mol. The monoisotopic (exact) mass is 238 g/mol. The van der Waals surface area contributed by atoms with E-state index >= 15 is 0 Å². The Balaban J connectivity index is 2.85. The highest BCUT2D eigenvalue weighted by molar-refractivity contribution is 9.09. The summed E-state index contributed by atoms with van der Waals surface area (Å²) in [4.78, 5) is 0. The second-order valence-corrected chi connectivity index (χ2v) is 3.62. The lowest BCUT2D eigenvalue weighted by atomic mass is 10.1. The Morgan fingerprint density at radius 2 is 1.73 bits per heavy atom. The van der Waals surface area contributed by atoms with Gasteiger partial charge in [-0.25, -0.2) is 0 Å². The van der Waals surface area contributed by atoms with E-state index in [2.05, 4.69) is 22.0 Å². The maximum Gasteiger partial charge on any atom is 0.0404 e. The van der Waals surface area contributed by atoms with Gasteiger partial charge < -0.3 is 0 Å². The minimum absolute atomic E-state index is 0.654. The van der Waals surface area contributed by atoms with Crippen molar-refractivity contribution < 1.29 is 0 Å². The van der Waals surface area contributed by atoms with E-state index in [1.807, 2.05) is 6.08 Å². The zero-order chi connectivity index (χ0) is 8.36. The molecule has 66 valence electrons. The van der Waals surface area contributed by atoms with Crippen molar-refractivity contribution in [1.82, 2.24) is 0 Å². The van der Waals surface area contributed by atoms with Crippen LogP contribution in [0.4, 0.5) is 0 Å². The lowest BCUT2D eigenvalue weighted by Crippen LogP contribution is -1.77. The van der Waals surface area contributed by atoms with E-state index in [1.165, 1.54) is 32.1 Å². The van der Waals surface area contributed by atoms with Crippen LogP contribution in [0.1, 0.15) is 32.1 Å². The van der Waals surface area contributed by atoms with Crippen LogP contribution in [-0.4, -0.2) is 11.2 Å². The molecule has 0 spiro atoms. The summed E-state index contributed by atoms with van der Waals surface area (Å²) in [6.07, 6.45) is 10.7. The molecule has 0 aromatic heterocycles. The first-order valence-electron chi connectivity index (χ1n) is 4.18. The molecular formula is C9H16BrCl. The van der Waals surface area contributed by atoms with Crippen LogP contribution >= 0.6 is 27.5 Å². The molecule has 2 heteroatoms. The lowest BCUT2D eigenvalue weighted by Gasteiger charge is -1.94. The maximum absolute atomic E-state index is 5.47. The Kier molecular flexibility index (Phi) is 11.0. The summed E-state index contributed by atoms with van der Waals surface area (Å²) in [5.74, 6) is 0.654. The molecule has 0 aliphatic rings. The van der Waals surface area contributed by atoms with E-state index in [1.54, 1.807) is 0 Å². The lowest BCUT2D eigenvalue weighted by molar-refractivity contribution is 0.679. The number of unbranched alkanes of at least 4 members (excludes halogenated alkanes) is 4. The minimum Gasteiger partial charge on any atom is -0.122 e. The van der Waals surface area contributed by atoms with Gasteiger partial charge in [-0.15, -0.1) is 11.6 Å². The van der Waals surface area contributed by atoms with E-state index in [9.17, 15) is 0 Å². The van der Waals surface area contributed by atoms with Crippen molar-refractivity contribution in [2.45, 2.75) is 32.1 Å². The Morgan fingerprint density at radius 1 is 1.00 bits per heavy atom. The van der Waals surface area contributed by atoms with Gasteiger partial charge in [0, 0.05) is 11.2 Å². The number of halogens is 2. The van der Waals surface area contributed by atoms with E-state index in [0.717, 1.165) is 5.33 Å². The van der Waals surface area contributed by atoms with Crippen molar-refractivity contribution >= 4 is 27.5 Å². The number of hydrogen-bond acceptors (Lipinski definition) is 0. The van der Waals surface area contributed by atoms with E-state index in [-0.39, 0.29) is 0 Å². The topological polar surface area (TPSA) is 0 Å². The van der Waals surface area contributed by atoms with Crippen LogP contribution in [0.15, 0.2) is 12.2 Å². The molecule has 0 aromatic carbocycles. The van der Waals surface area contributed by atoms with Gasteiger partial charge in [-0.05, 0) is 19.3 Å². The Labute approximate surface area is 83.1 Å². The fourth-order valence-corrected chi connectivity index (χ4v) is 1.41. The highest BCUT2D eigenvalue weighted by atomic mass is 79.9. The van der Waals surface area contributed by atoms with Gasteiger partial charge in [0.1, 0.15) is 0 Å².